The third kappa shape index (κ3) is 4.78. The van der Waals surface area contributed by atoms with Crippen LogP contribution in [0.3, 0.4) is 0 Å². The van der Waals surface area contributed by atoms with Crippen LogP contribution in [0.4, 0.5) is 0 Å². The lowest BCUT2D eigenvalue weighted by Gasteiger charge is -2.23. The van der Waals surface area contributed by atoms with E-state index in [-0.39, 0.29) is 0 Å². The van der Waals surface area contributed by atoms with Crippen molar-refractivity contribution in [1.82, 2.24) is 10.6 Å². The van der Waals surface area contributed by atoms with E-state index in [2.05, 4.69) is 50.8 Å². The molecule has 0 aromatic heterocycles. The topological polar surface area (TPSA) is 24.1 Å². The summed E-state index contributed by atoms with van der Waals surface area (Å²) in [4.78, 5) is 0. The molecule has 17 heavy (non-hydrogen) atoms. The third-order valence-electron chi connectivity index (χ3n) is 3.32. The van der Waals surface area contributed by atoms with Gasteiger partial charge in [0, 0.05) is 17.1 Å². The van der Waals surface area contributed by atoms with Crippen LogP contribution in [-0.2, 0) is 6.54 Å². The predicted octanol–water partition coefficient (Wildman–Crippen LogP) is 3.07. The zero-order chi connectivity index (χ0) is 11.9. The Morgan fingerprint density at radius 1 is 1.24 bits per heavy atom. The van der Waals surface area contributed by atoms with Gasteiger partial charge >= 0.3 is 0 Å². The molecule has 1 aliphatic rings. The van der Waals surface area contributed by atoms with E-state index in [1.807, 2.05) is 0 Å². The number of hydrogen-bond donors (Lipinski definition) is 2. The maximum atomic E-state index is 3.58. The Hall–Kier alpha value is -0.380. The number of halogens is 1. The van der Waals surface area contributed by atoms with Crippen molar-refractivity contribution in [1.29, 1.82) is 0 Å². The Labute approximate surface area is 112 Å². The van der Waals surface area contributed by atoms with Gasteiger partial charge in [-0.2, -0.15) is 0 Å². The summed E-state index contributed by atoms with van der Waals surface area (Å²) < 4.78 is 1.15. The minimum absolute atomic E-state index is 0.737. The van der Waals surface area contributed by atoms with Gasteiger partial charge in [-0.1, -0.05) is 34.5 Å². The van der Waals surface area contributed by atoms with Gasteiger partial charge in [-0.3, -0.25) is 0 Å². The molecule has 0 saturated carbocycles. The SMILES string of the molecule is Brc1ccc(CNCCC2CCCCN2)cc1. The molecule has 1 aliphatic heterocycles. The van der Waals surface area contributed by atoms with E-state index in [1.54, 1.807) is 0 Å². The highest BCUT2D eigenvalue weighted by Gasteiger charge is 2.11. The molecule has 94 valence electrons. The first-order chi connectivity index (χ1) is 8.34. The van der Waals surface area contributed by atoms with Gasteiger partial charge in [0.1, 0.15) is 0 Å². The molecule has 1 saturated heterocycles. The van der Waals surface area contributed by atoms with Crippen LogP contribution in [0.1, 0.15) is 31.2 Å². The summed E-state index contributed by atoms with van der Waals surface area (Å²) in [5.74, 6) is 0. The molecular formula is C14H21BrN2. The van der Waals surface area contributed by atoms with Crippen molar-refractivity contribution in [2.75, 3.05) is 13.1 Å². The fourth-order valence-electron chi connectivity index (χ4n) is 2.28. The van der Waals surface area contributed by atoms with Crippen molar-refractivity contribution >= 4 is 15.9 Å². The Bertz CT molecular complexity index is 317. The van der Waals surface area contributed by atoms with Crippen molar-refractivity contribution in [3.63, 3.8) is 0 Å². The van der Waals surface area contributed by atoms with Gasteiger partial charge in [-0.25, -0.2) is 0 Å². The van der Waals surface area contributed by atoms with Gasteiger partial charge in [0.05, 0.1) is 0 Å². The highest BCUT2D eigenvalue weighted by atomic mass is 79.9. The molecule has 2 nitrogen and oxygen atoms in total. The molecule has 0 bridgehead atoms. The Kier molecular flexibility index (Phi) is 5.49. The number of piperidine rings is 1. The summed E-state index contributed by atoms with van der Waals surface area (Å²) in [6, 6.07) is 9.26. The molecule has 0 amide bonds. The van der Waals surface area contributed by atoms with Crippen LogP contribution in [0.2, 0.25) is 0 Å². The fraction of sp³-hybridized carbons (Fsp3) is 0.571. The summed E-state index contributed by atoms with van der Waals surface area (Å²) in [5, 5.41) is 7.09. The second-order valence-corrected chi connectivity index (χ2v) is 5.65. The van der Waals surface area contributed by atoms with Crippen molar-refractivity contribution in [3.8, 4) is 0 Å². The predicted molar refractivity (Wildman–Crippen MR) is 76.1 cm³/mol. The number of rotatable bonds is 5. The highest BCUT2D eigenvalue weighted by Crippen LogP contribution is 2.11. The lowest BCUT2D eigenvalue weighted by atomic mass is 10.0. The van der Waals surface area contributed by atoms with Crippen LogP contribution in [0.25, 0.3) is 0 Å². The van der Waals surface area contributed by atoms with Crippen LogP contribution < -0.4 is 10.6 Å². The summed E-state index contributed by atoms with van der Waals surface area (Å²) in [5.41, 5.74) is 1.35. The lowest BCUT2D eigenvalue weighted by Crippen LogP contribution is -2.36. The highest BCUT2D eigenvalue weighted by molar-refractivity contribution is 9.10. The smallest absolute Gasteiger partial charge is 0.0205 e. The van der Waals surface area contributed by atoms with E-state index in [4.69, 9.17) is 0 Å². The normalized spacial score (nSPS) is 20.4. The molecule has 2 N–H and O–H groups in total. The first kappa shape index (κ1) is 13.1. The van der Waals surface area contributed by atoms with Crippen LogP contribution in [0.5, 0.6) is 0 Å². The van der Waals surface area contributed by atoms with Gasteiger partial charge in [-0.05, 0) is 50.0 Å². The van der Waals surface area contributed by atoms with Crippen molar-refractivity contribution in [3.05, 3.63) is 34.3 Å². The second kappa shape index (κ2) is 7.14. The van der Waals surface area contributed by atoms with Crippen molar-refractivity contribution < 1.29 is 0 Å². The van der Waals surface area contributed by atoms with E-state index in [0.717, 1.165) is 23.6 Å². The van der Waals surface area contributed by atoms with Gasteiger partial charge in [-0.15, -0.1) is 0 Å². The van der Waals surface area contributed by atoms with Crippen molar-refractivity contribution in [2.24, 2.45) is 0 Å². The average molecular weight is 297 g/mol. The van der Waals surface area contributed by atoms with Crippen LogP contribution >= 0.6 is 15.9 Å². The third-order valence-corrected chi connectivity index (χ3v) is 3.85. The van der Waals surface area contributed by atoms with Gasteiger partial charge < -0.3 is 10.6 Å². The van der Waals surface area contributed by atoms with Crippen LogP contribution in [0.15, 0.2) is 28.7 Å². The lowest BCUT2D eigenvalue weighted by molar-refractivity contribution is 0.376. The molecule has 0 radical (unpaired) electrons. The first-order valence-electron chi connectivity index (χ1n) is 6.53. The quantitative estimate of drug-likeness (QED) is 0.816. The van der Waals surface area contributed by atoms with Gasteiger partial charge in [0.2, 0.25) is 0 Å². The Balaban J connectivity index is 1.60. The van der Waals surface area contributed by atoms with Gasteiger partial charge in [0.15, 0.2) is 0 Å². The van der Waals surface area contributed by atoms with E-state index in [0.29, 0.717) is 0 Å². The van der Waals surface area contributed by atoms with E-state index in [9.17, 15) is 0 Å². The molecule has 1 heterocycles. The largest absolute Gasteiger partial charge is 0.314 e. The number of nitrogens with one attached hydrogen (secondary N) is 2. The monoisotopic (exact) mass is 296 g/mol. The van der Waals surface area contributed by atoms with Crippen LogP contribution in [0, 0.1) is 0 Å². The molecular weight excluding hydrogens is 276 g/mol. The summed E-state index contributed by atoms with van der Waals surface area (Å²) in [6.45, 7) is 3.28. The summed E-state index contributed by atoms with van der Waals surface area (Å²) in [7, 11) is 0. The molecule has 1 aromatic rings. The first-order valence-corrected chi connectivity index (χ1v) is 7.32. The molecule has 1 fully saturated rings. The molecule has 1 atom stereocenters. The van der Waals surface area contributed by atoms with E-state index in [1.165, 1.54) is 37.8 Å². The molecule has 1 unspecified atom stereocenters. The summed E-state index contributed by atoms with van der Waals surface area (Å²) in [6.07, 6.45) is 5.34. The maximum absolute atomic E-state index is 3.58. The number of hydrogen-bond acceptors (Lipinski definition) is 2. The summed E-state index contributed by atoms with van der Waals surface area (Å²) >= 11 is 3.45. The molecule has 0 aliphatic carbocycles. The minimum Gasteiger partial charge on any atom is -0.314 e. The molecule has 2 rings (SSSR count). The van der Waals surface area contributed by atoms with Crippen LogP contribution in [-0.4, -0.2) is 19.1 Å². The van der Waals surface area contributed by atoms with Gasteiger partial charge in [0.25, 0.3) is 0 Å². The Morgan fingerprint density at radius 2 is 2.06 bits per heavy atom. The fourth-order valence-corrected chi connectivity index (χ4v) is 2.55. The molecule has 0 spiro atoms. The molecule has 3 heteroatoms. The van der Waals surface area contributed by atoms with Crippen molar-refractivity contribution in [2.45, 2.75) is 38.3 Å². The minimum atomic E-state index is 0.737. The second-order valence-electron chi connectivity index (χ2n) is 4.74. The zero-order valence-electron chi connectivity index (χ0n) is 10.2. The maximum Gasteiger partial charge on any atom is 0.0205 e. The Morgan fingerprint density at radius 3 is 2.76 bits per heavy atom. The average Bonchev–Trinajstić information content (AvgIpc) is 2.38. The number of benzene rings is 1. The van der Waals surface area contributed by atoms with E-state index >= 15 is 0 Å². The molecule has 1 aromatic carbocycles. The zero-order valence-corrected chi connectivity index (χ0v) is 11.8. The standard InChI is InChI=1S/C14H21BrN2/c15-13-6-4-12(5-7-13)11-16-10-8-14-3-1-2-9-17-14/h4-7,14,16-17H,1-3,8-11H2. The van der Waals surface area contributed by atoms with E-state index < -0.39 is 0 Å².